The highest BCUT2D eigenvalue weighted by atomic mass is 16.5. The van der Waals surface area contributed by atoms with E-state index in [1.807, 2.05) is 31.2 Å². The van der Waals surface area contributed by atoms with Gasteiger partial charge in [0.05, 0.1) is 38.5 Å². The maximum atomic E-state index is 13.2. The zero-order valence-electron chi connectivity index (χ0n) is 19.5. The maximum absolute atomic E-state index is 13.2. The Balaban J connectivity index is 1.71. The minimum atomic E-state index is -0.696. The van der Waals surface area contributed by atoms with Crippen molar-refractivity contribution in [3.63, 3.8) is 0 Å². The van der Waals surface area contributed by atoms with Gasteiger partial charge < -0.3 is 24.2 Å². The monoisotopic (exact) mass is 466 g/mol. The molecule has 34 heavy (non-hydrogen) atoms. The molecule has 2 heterocycles. The number of rotatable bonds is 8. The molecule has 0 radical (unpaired) electrons. The van der Waals surface area contributed by atoms with Crippen molar-refractivity contribution in [2.24, 2.45) is 0 Å². The molecule has 2 aromatic carbocycles. The van der Waals surface area contributed by atoms with E-state index in [4.69, 9.17) is 14.2 Å². The van der Waals surface area contributed by atoms with Crippen LogP contribution in [0.1, 0.15) is 24.1 Å². The van der Waals surface area contributed by atoms with Gasteiger partial charge in [0.2, 0.25) is 0 Å². The average Bonchev–Trinajstić information content (AvgIpc) is 3.13. The van der Waals surface area contributed by atoms with E-state index in [9.17, 15) is 14.7 Å². The van der Waals surface area contributed by atoms with E-state index in [1.54, 1.807) is 36.3 Å². The third-order valence-corrected chi connectivity index (χ3v) is 6.17. The molecular weight excluding hydrogens is 436 g/mol. The minimum Gasteiger partial charge on any atom is -0.507 e. The third kappa shape index (κ3) is 4.93. The second kappa shape index (κ2) is 10.7. The Hall–Kier alpha value is -3.36. The number of ketones is 1. The summed E-state index contributed by atoms with van der Waals surface area (Å²) in [6.07, 6.45) is 0. The van der Waals surface area contributed by atoms with Crippen molar-refractivity contribution >= 4 is 17.4 Å². The molecule has 1 unspecified atom stereocenters. The molecule has 2 fully saturated rings. The zero-order valence-corrected chi connectivity index (χ0v) is 19.5. The predicted molar refractivity (Wildman–Crippen MR) is 127 cm³/mol. The number of carbonyl (C=O) groups is 2. The molecule has 2 aliphatic heterocycles. The maximum Gasteiger partial charge on any atom is 0.295 e. The minimum absolute atomic E-state index is 0.0845. The summed E-state index contributed by atoms with van der Waals surface area (Å²) >= 11 is 0. The number of methoxy groups -OCH3 is 1. The number of hydrogen-bond donors (Lipinski definition) is 1. The van der Waals surface area contributed by atoms with E-state index in [0.717, 1.165) is 18.7 Å². The topological polar surface area (TPSA) is 88.5 Å². The van der Waals surface area contributed by atoms with Crippen molar-refractivity contribution in [1.82, 2.24) is 9.80 Å². The molecule has 1 amide bonds. The quantitative estimate of drug-likeness (QED) is 0.364. The molecule has 8 heteroatoms. The summed E-state index contributed by atoms with van der Waals surface area (Å²) in [6.45, 7) is 6.29. The summed E-state index contributed by atoms with van der Waals surface area (Å²) in [5, 5.41) is 11.2. The molecular formula is C26H30N2O6. The first-order valence-corrected chi connectivity index (χ1v) is 11.5. The highest BCUT2D eigenvalue weighted by molar-refractivity contribution is 6.46. The Bertz CT molecular complexity index is 1040. The second-order valence-corrected chi connectivity index (χ2v) is 8.18. The van der Waals surface area contributed by atoms with Crippen molar-refractivity contribution in [1.29, 1.82) is 0 Å². The number of ether oxygens (including phenoxy) is 3. The van der Waals surface area contributed by atoms with Gasteiger partial charge in [-0.15, -0.1) is 0 Å². The molecule has 4 rings (SSSR count). The van der Waals surface area contributed by atoms with Crippen LogP contribution in [0.4, 0.5) is 0 Å². The van der Waals surface area contributed by atoms with Gasteiger partial charge in [-0.2, -0.15) is 0 Å². The van der Waals surface area contributed by atoms with E-state index in [0.29, 0.717) is 50.0 Å². The fourth-order valence-corrected chi connectivity index (χ4v) is 4.35. The summed E-state index contributed by atoms with van der Waals surface area (Å²) < 4.78 is 16.1. The van der Waals surface area contributed by atoms with Gasteiger partial charge in [-0.05, 0) is 48.9 Å². The molecule has 1 N–H and O–H groups in total. The van der Waals surface area contributed by atoms with Gasteiger partial charge in [-0.1, -0.05) is 12.1 Å². The van der Waals surface area contributed by atoms with E-state index < -0.39 is 17.7 Å². The first-order chi connectivity index (χ1) is 16.5. The number of benzene rings is 2. The summed E-state index contributed by atoms with van der Waals surface area (Å²) in [4.78, 5) is 30.1. The molecule has 180 valence electrons. The summed E-state index contributed by atoms with van der Waals surface area (Å²) in [5.74, 6) is -0.164. The van der Waals surface area contributed by atoms with Gasteiger partial charge in [0.1, 0.15) is 17.3 Å². The third-order valence-electron chi connectivity index (χ3n) is 6.17. The first-order valence-electron chi connectivity index (χ1n) is 11.5. The molecule has 0 saturated carbocycles. The molecule has 0 spiro atoms. The predicted octanol–water partition coefficient (Wildman–Crippen LogP) is 2.85. The highest BCUT2D eigenvalue weighted by Crippen LogP contribution is 2.39. The van der Waals surface area contributed by atoms with Gasteiger partial charge in [0, 0.05) is 31.7 Å². The van der Waals surface area contributed by atoms with Gasteiger partial charge in [-0.25, -0.2) is 0 Å². The number of hydrogen-bond acceptors (Lipinski definition) is 7. The molecule has 0 aromatic heterocycles. The normalized spacial score (nSPS) is 20.5. The number of nitrogens with zero attached hydrogens (tertiary/aromatic N) is 2. The molecule has 1 atom stereocenters. The summed E-state index contributed by atoms with van der Waals surface area (Å²) in [6, 6.07) is 13.4. The van der Waals surface area contributed by atoms with Crippen LogP contribution in [0.15, 0.2) is 54.1 Å². The lowest BCUT2D eigenvalue weighted by atomic mass is 9.95. The lowest BCUT2D eigenvalue weighted by Gasteiger charge is -2.31. The molecule has 2 aromatic rings. The van der Waals surface area contributed by atoms with Gasteiger partial charge >= 0.3 is 0 Å². The Labute approximate surface area is 199 Å². The van der Waals surface area contributed by atoms with Crippen LogP contribution in [0, 0.1) is 0 Å². The fourth-order valence-electron chi connectivity index (χ4n) is 4.35. The van der Waals surface area contributed by atoms with Crippen molar-refractivity contribution in [2.75, 3.05) is 53.1 Å². The Kier molecular flexibility index (Phi) is 7.49. The van der Waals surface area contributed by atoms with Crippen LogP contribution in [0.25, 0.3) is 5.76 Å². The Morgan fingerprint density at radius 2 is 1.65 bits per heavy atom. The molecule has 2 saturated heterocycles. The van der Waals surface area contributed by atoms with E-state index >= 15 is 0 Å². The lowest BCUT2D eigenvalue weighted by molar-refractivity contribution is -0.140. The second-order valence-electron chi connectivity index (χ2n) is 8.18. The average molecular weight is 467 g/mol. The standard InChI is InChI=1S/C26H30N2O6/c1-3-34-21-10-4-18(5-11-21)23-22(24(29)19-6-8-20(32-2)9-7-19)25(30)26(31)28(23)13-12-27-14-16-33-17-15-27/h4-11,23,29H,3,12-17H2,1-2H3/b24-22+. The molecule has 8 nitrogen and oxygen atoms in total. The number of aliphatic hydroxyl groups excluding tert-OH is 1. The van der Waals surface area contributed by atoms with Crippen molar-refractivity contribution in [3.8, 4) is 11.5 Å². The lowest BCUT2D eigenvalue weighted by Crippen LogP contribution is -2.42. The zero-order chi connectivity index (χ0) is 24.1. The first kappa shape index (κ1) is 23.8. The van der Waals surface area contributed by atoms with E-state index in [-0.39, 0.29) is 11.3 Å². The Morgan fingerprint density at radius 1 is 1.00 bits per heavy atom. The van der Waals surface area contributed by atoms with Crippen LogP contribution in [-0.4, -0.2) is 79.7 Å². The number of aliphatic hydroxyl groups is 1. The van der Waals surface area contributed by atoms with Crippen LogP contribution in [0.5, 0.6) is 11.5 Å². The van der Waals surface area contributed by atoms with Crippen LogP contribution in [0.2, 0.25) is 0 Å². The SMILES string of the molecule is CCOc1ccc(C2/C(=C(\O)c3ccc(OC)cc3)C(=O)C(=O)N2CCN2CCOCC2)cc1. The largest absolute Gasteiger partial charge is 0.507 e. The van der Waals surface area contributed by atoms with Crippen LogP contribution in [0.3, 0.4) is 0 Å². The molecule has 2 aliphatic rings. The number of likely N-dealkylation sites (tertiary alicyclic amines) is 1. The summed E-state index contributed by atoms with van der Waals surface area (Å²) in [5.41, 5.74) is 1.27. The fraction of sp³-hybridized carbons (Fsp3) is 0.385. The van der Waals surface area contributed by atoms with Crippen LogP contribution in [-0.2, 0) is 14.3 Å². The van der Waals surface area contributed by atoms with Crippen molar-refractivity contribution in [2.45, 2.75) is 13.0 Å². The smallest absolute Gasteiger partial charge is 0.295 e. The van der Waals surface area contributed by atoms with Gasteiger partial charge in [0.25, 0.3) is 11.7 Å². The molecule has 0 aliphatic carbocycles. The van der Waals surface area contributed by atoms with Crippen LogP contribution < -0.4 is 9.47 Å². The van der Waals surface area contributed by atoms with E-state index in [2.05, 4.69) is 4.90 Å². The van der Waals surface area contributed by atoms with Gasteiger partial charge in [-0.3, -0.25) is 14.5 Å². The van der Waals surface area contributed by atoms with Crippen molar-refractivity contribution < 1.29 is 28.9 Å². The number of carbonyl (C=O) groups excluding carboxylic acids is 2. The molecule has 0 bridgehead atoms. The van der Waals surface area contributed by atoms with Gasteiger partial charge in [0.15, 0.2) is 0 Å². The van der Waals surface area contributed by atoms with E-state index in [1.165, 1.54) is 0 Å². The number of Topliss-reactive ketones (excluding diaryl/α,β-unsaturated/α-hetero) is 1. The number of amides is 1. The Morgan fingerprint density at radius 3 is 2.26 bits per heavy atom. The highest BCUT2D eigenvalue weighted by Gasteiger charge is 2.46. The van der Waals surface area contributed by atoms with Crippen molar-refractivity contribution in [3.05, 3.63) is 65.2 Å². The summed E-state index contributed by atoms with van der Waals surface area (Å²) in [7, 11) is 1.56. The van der Waals surface area contributed by atoms with Crippen LogP contribution >= 0.6 is 0 Å². The number of morpholine rings is 1.